The van der Waals surface area contributed by atoms with E-state index in [1.807, 2.05) is 51.1 Å². The van der Waals surface area contributed by atoms with Crippen LogP contribution in [0.25, 0.3) is 0 Å². The van der Waals surface area contributed by atoms with Gasteiger partial charge in [-0.05, 0) is 26.0 Å². The third-order valence-corrected chi connectivity index (χ3v) is 5.80. The van der Waals surface area contributed by atoms with Gasteiger partial charge in [-0.1, -0.05) is 48.9 Å². The summed E-state index contributed by atoms with van der Waals surface area (Å²) in [6, 6.07) is 9.97. The topological polar surface area (TPSA) is 55.2 Å². The van der Waals surface area contributed by atoms with E-state index in [0.29, 0.717) is 18.2 Å². The van der Waals surface area contributed by atoms with Gasteiger partial charge in [0, 0.05) is 24.4 Å². The van der Waals surface area contributed by atoms with Crippen LogP contribution in [-0.2, 0) is 22.9 Å². The highest BCUT2D eigenvalue weighted by Gasteiger charge is 2.21. The minimum atomic E-state index is -3.02. The second-order valence-corrected chi connectivity index (χ2v) is 9.05. The van der Waals surface area contributed by atoms with Crippen molar-refractivity contribution in [2.75, 3.05) is 18.6 Å². The molecule has 138 valence electrons. The number of aromatic nitrogens is 2. The molecule has 0 radical (unpaired) electrons. The minimum absolute atomic E-state index is 0.0760. The smallest absolute Gasteiger partial charge is 0.148 e. The van der Waals surface area contributed by atoms with E-state index in [2.05, 4.69) is 10.00 Å². The Labute approximate surface area is 155 Å². The molecule has 1 unspecified atom stereocenters. The molecule has 0 fully saturated rings. The van der Waals surface area contributed by atoms with Crippen molar-refractivity contribution in [3.8, 4) is 0 Å². The van der Waals surface area contributed by atoms with Crippen molar-refractivity contribution in [2.24, 2.45) is 0 Å². The fourth-order valence-corrected chi connectivity index (χ4v) is 4.34. The minimum Gasteiger partial charge on any atom is -0.295 e. The maximum absolute atomic E-state index is 11.6. The number of halogens is 1. The third-order valence-electron chi connectivity index (χ3n) is 4.29. The summed E-state index contributed by atoms with van der Waals surface area (Å²) in [6.45, 7) is 7.85. The largest absolute Gasteiger partial charge is 0.295 e. The first-order chi connectivity index (χ1) is 11.7. The fourth-order valence-electron chi connectivity index (χ4n) is 2.96. The van der Waals surface area contributed by atoms with Crippen LogP contribution in [0.15, 0.2) is 30.3 Å². The van der Waals surface area contributed by atoms with E-state index in [1.54, 1.807) is 4.68 Å². The van der Waals surface area contributed by atoms with Crippen LogP contribution in [-0.4, -0.2) is 47.7 Å². The molecule has 25 heavy (non-hydrogen) atoms. The molecular formula is C18H26ClN3O2S. The van der Waals surface area contributed by atoms with Crippen molar-refractivity contribution >= 4 is 21.4 Å². The lowest BCUT2D eigenvalue weighted by molar-refractivity contribution is 0.226. The molecule has 1 atom stereocenters. The number of sulfone groups is 1. The van der Waals surface area contributed by atoms with E-state index in [9.17, 15) is 8.42 Å². The van der Waals surface area contributed by atoms with Gasteiger partial charge in [-0.3, -0.25) is 4.90 Å². The lowest BCUT2D eigenvalue weighted by Crippen LogP contribution is -2.37. The molecule has 0 spiro atoms. The highest BCUT2D eigenvalue weighted by atomic mass is 35.5. The van der Waals surface area contributed by atoms with Gasteiger partial charge in [-0.2, -0.15) is 5.10 Å². The summed E-state index contributed by atoms with van der Waals surface area (Å²) in [5.74, 6) is 0.135. The summed E-state index contributed by atoms with van der Waals surface area (Å²) in [6.07, 6.45) is 1.27. The zero-order valence-corrected chi connectivity index (χ0v) is 16.8. The Kier molecular flexibility index (Phi) is 6.65. The Morgan fingerprint density at radius 1 is 1.28 bits per heavy atom. The van der Waals surface area contributed by atoms with E-state index in [0.717, 1.165) is 23.4 Å². The van der Waals surface area contributed by atoms with Crippen LogP contribution >= 0.6 is 11.6 Å². The lowest BCUT2D eigenvalue weighted by Gasteiger charge is -2.27. The van der Waals surface area contributed by atoms with E-state index >= 15 is 0 Å². The average Bonchev–Trinajstić information content (AvgIpc) is 2.78. The highest BCUT2D eigenvalue weighted by Crippen LogP contribution is 2.23. The molecule has 0 amide bonds. The third kappa shape index (κ3) is 5.56. The van der Waals surface area contributed by atoms with Gasteiger partial charge in [0.25, 0.3) is 0 Å². The number of hydrogen-bond donors (Lipinski definition) is 0. The molecule has 1 heterocycles. The molecule has 2 aromatic rings. The van der Waals surface area contributed by atoms with Gasteiger partial charge in [0.05, 0.1) is 18.0 Å². The van der Waals surface area contributed by atoms with E-state index in [1.165, 1.54) is 6.26 Å². The van der Waals surface area contributed by atoms with Crippen LogP contribution in [0, 0.1) is 6.92 Å². The normalized spacial score (nSPS) is 13.4. The monoisotopic (exact) mass is 383 g/mol. The zero-order chi connectivity index (χ0) is 18.6. The molecule has 0 bridgehead atoms. The number of benzene rings is 1. The van der Waals surface area contributed by atoms with E-state index in [-0.39, 0.29) is 11.8 Å². The van der Waals surface area contributed by atoms with Gasteiger partial charge >= 0.3 is 0 Å². The first kappa shape index (κ1) is 19.9. The molecule has 0 saturated heterocycles. The van der Waals surface area contributed by atoms with Crippen LogP contribution in [0.4, 0.5) is 0 Å². The SMILES string of the molecule is CCN(Cc1c(C)nn(Cc2ccccc2)c1Cl)C(C)CS(C)(=O)=O. The first-order valence-corrected chi connectivity index (χ1v) is 10.8. The van der Waals surface area contributed by atoms with Crippen LogP contribution in [0.2, 0.25) is 5.15 Å². The first-order valence-electron chi connectivity index (χ1n) is 8.38. The van der Waals surface area contributed by atoms with Gasteiger partial charge < -0.3 is 0 Å². The summed E-state index contributed by atoms with van der Waals surface area (Å²) < 4.78 is 25.0. The second-order valence-electron chi connectivity index (χ2n) is 6.50. The van der Waals surface area contributed by atoms with Crippen LogP contribution in [0.1, 0.15) is 30.7 Å². The molecule has 5 nitrogen and oxygen atoms in total. The van der Waals surface area contributed by atoms with Crippen molar-refractivity contribution in [2.45, 2.75) is 39.9 Å². The van der Waals surface area contributed by atoms with Crippen molar-refractivity contribution in [1.29, 1.82) is 0 Å². The zero-order valence-electron chi connectivity index (χ0n) is 15.2. The predicted octanol–water partition coefficient (Wildman–Crippen LogP) is 3.15. The maximum atomic E-state index is 11.6. The summed E-state index contributed by atoms with van der Waals surface area (Å²) in [7, 11) is -3.02. The number of nitrogens with zero attached hydrogens (tertiary/aromatic N) is 3. The Morgan fingerprint density at radius 3 is 2.48 bits per heavy atom. The molecular weight excluding hydrogens is 358 g/mol. The van der Waals surface area contributed by atoms with Crippen LogP contribution in [0.3, 0.4) is 0 Å². The van der Waals surface area contributed by atoms with Gasteiger partial charge in [-0.15, -0.1) is 0 Å². The molecule has 1 aromatic heterocycles. The molecule has 0 aliphatic rings. The number of rotatable bonds is 8. The van der Waals surface area contributed by atoms with Crippen LogP contribution in [0.5, 0.6) is 0 Å². The Bertz CT molecular complexity index is 803. The van der Waals surface area contributed by atoms with Gasteiger partial charge in [-0.25, -0.2) is 13.1 Å². The van der Waals surface area contributed by atoms with Crippen LogP contribution < -0.4 is 0 Å². The predicted molar refractivity (Wildman–Crippen MR) is 103 cm³/mol. The average molecular weight is 384 g/mol. The standard InChI is InChI=1S/C18H26ClN3O2S/c1-5-21(14(2)13-25(4,23)24)12-17-15(3)20-22(18(17)19)11-16-9-7-6-8-10-16/h6-10,14H,5,11-13H2,1-4H3. The van der Waals surface area contributed by atoms with E-state index < -0.39 is 9.84 Å². The highest BCUT2D eigenvalue weighted by molar-refractivity contribution is 7.90. The molecule has 0 saturated carbocycles. The molecule has 1 aromatic carbocycles. The number of aryl methyl sites for hydroxylation is 1. The molecule has 0 aliphatic carbocycles. The Morgan fingerprint density at radius 2 is 1.92 bits per heavy atom. The molecule has 0 aliphatic heterocycles. The molecule has 2 rings (SSSR count). The Balaban J connectivity index is 2.18. The summed E-state index contributed by atoms with van der Waals surface area (Å²) in [4.78, 5) is 2.11. The van der Waals surface area contributed by atoms with Crippen molar-refractivity contribution in [3.63, 3.8) is 0 Å². The molecule has 7 heteroatoms. The maximum Gasteiger partial charge on any atom is 0.148 e. The summed E-state index contributed by atoms with van der Waals surface area (Å²) in [5, 5.41) is 5.18. The van der Waals surface area contributed by atoms with E-state index in [4.69, 9.17) is 11.6 Å². The lowest BCUT2D eigenvalue weighted by atomic mass is 10.2. The quantitative estimate of drug-likeness (QED) is 0.702. The van der Waals surface area contributed by atoms with Crippen molar-refractivity contribution in [1.82, 2.24) is 14.7 Å². The van der Waals surface area contributed by atoms with Crippen molar-refractivity contribution in [3.05, 3.63) is 52.3 Å². The number of hydrogen-bond acceptors (Lipinski definition) is 4. The Hall–Kier alpha value is -1.37. The van der Waals surface area contributed by atoms with Crippen molar-refractivity contribution < 1.29 is 8.42 Å². The second kappa shape index (κ2) is 8.34. The van der Waals surface area contributed by atoms with Gasteiger partial charge in [0.15, 0.2) is 0 Å². The van der Waals surface area contributed by atoms with Gasteiger partial charge in [0.2, 0.25) is 0 Å². The van der Waals surface area contributed by atoms with Gasteiger partial charge in [0.1, 0.15) is 15.0 Å². The molecule has 0 N–H and O–H groups in total. The summed E-state index contributed by atoms with van der Waals surface area (Å²) in [5.41, 5.74) is 2.97. The summed E-state index contributed by atoms with van der Waals surface area (Å²) >= 11 is 6.57. The fraction of sp³-hybridized carbons (Fsp3) is 0.500.